The molecule has 1 aromatic carbocycles. The van der Waals surface area contributed by atoms with E-state index in [-0.39, 0.29) is 17.5 Å². The van der Waals surface area contributed by atoms with Gasteiger partial charge in [-0.15, -0.1) is 0 Å². The number of benzene rings is 1. The highest BCUT2D eigenvalue weighted by Crippen LogP contribution is 2.35. The molecule has 0 aromatic heterocycles. The molecule has 0 fully saturated rings. The van der Waals surface area contributed by atoms with Gasteiger partial charge in [0.05, 0.1) is 6.54 Å². The Hall–Kier alpha value is -0.960. The van der Waals surface area contributed by atoms with Gasteiger partial charge >= 0.3 is 0 Å². The quantitative estimate of drug-likeness (QED) is 0.835. The number of alkyl halides is 2. The molecule has 1 rings (SSSR count). The van der Waals surface area contributed by atoms with E-state index in [1.807, 2.05) is 20.8 Å². The van der Waals surface area contributed by atoms with Gasteiger partial charge in [0.15, 0.2) is 0 Å². The molecule has 0 amide bonds. The second kappa shape index (κ2) is 4.50. The summed E-state index contributed by atoms with van der Waals surface area (Å²) in [5.41, 5.74) is 0.556. The van der Waals surface area contributed by atoms with Crippen molar-refractivity contribution in [3.63, 3.8) is 0 Å². The average molecular weight is 227 g/mol. The first-order chi connectivity index (χ1) is 7.29. The van der Waals surface area contributed by atoms with Gasteiger partial charge < -0.3 is 5.32 Å². The second-order valence-electron chi connectivity index (χ2n) is 5.03. The molecule has 16 heavy (non-hydrogen) atoms. The molecule has 1 aromatic rings. The number of nitrogens with one attached hydrogen (secondary N) is 1. The number of hydrogen-bond acceptors (Lipinski definition) is 1. The van der Waals surface area contributed by atoms with Gasteiger partial charge in [-0.2, -0.15) is 8.78 Å². The Balaban J connectivity index is 3.23. The molecule has 0 spiro atoms. The van der Waals surface area contributed by atoms with Crippen LogP contribution in [0.5, 0.6) is 0 Å². The first-order valence-corrected chi connectivity index (χ1v) is 5.41. The van der Waals surface area contributed by atoms with Gasteiger partial charge in [0.1, 0.15) is 0 Å². The van der Waals surface area contributed by atoms with Gasteiger partial charge in [-0.25, -0.2) is 0 Å². The smallest absolute Gasteiger partial charge is 0.285 e. The molecule has 0 atom stereocenters. The maximum Gasteiger partial charge on any atom is 0.285 e. The minimum Gasteiger partial charge on any atom is -0.314 e. The Bertz CT molecular complexity index is 353. The molecule has 0 aliphatic rings. The van der Waals surface area contributed by atoms with E-state index >= 15 is 0 Å². The topological polar surface area (TPSA) is 12.0 Å². The molecule has 0 aliphatic carbocycles. The minimum absolute atomic E-state index is 0.122. The Labute approximate surface area is 95.9 Å². The maximum atomic E-state index is 13.9. The predicted molar refractivity (Wildman–Crippen MR) is 63.0 cm³/mol. The van der Waals surface area contributed by atoms with Crippen LogP contribution in [0.4, 0.5) is 8.78 Å². The zero-order valence-corrected chi connectivity index (χ0v) is 10.3. The Morgan fingerprint density at radius 3 is 2.00 bits per heavy atom. The fourth-order valence-corrected chi connectivity index (χ4v) is 1.77. The highest BCUT2D eigenvalue weighted by atomic mass is 19.3. The largest absolute Gasteiger partial charge is 0.314 e. The van der Waals surface area contributed by atoms with Gasteiger partial charge in [0, 0.05) is 5.56 Å². The van der Waals surface area contributed by atoms with E-state index in [1.165, 1.54) is 13.1 Å². The molecule has 90 valence electrons. The first kappa shape index (κ1) is 13.1. The third kappa shape index (κ3) is 2.79. The van der Waals surface area contributed by atoms with Crippen molar-refractivity contribution in [2.45, 2.75) is 32.1 Å². The van der Waals surface area contributed by atoms with E-state index in [0.717, 1.165) is 0 Å². The fraction of sp³-hybridized carbons (Fsp3) is 0.538. The van der Waals surface area contributed by atoms with Crippen molar-refractivity contribution < 1.29 is 8.78 Å². The van der Waals surface area contributed by atoms with Gasteiger partial charge in [-0.3, -0.25) is 0 Å². The molecular weight excluding hydrogens is 208 g/mol. The van der Waals surface area contributed by atoms with E-state index < -0.39 is 5.92 Å². The summed E-state index contributed by atoms with van der Waals surface area (Å²) in [6.07, 6.45) is 0. The third-order valence-corrected chi connectivity index (χ3v) is 2.53. The lowest BCUT2D eigenvalue weighted by Gasteiger charge is -2.27. The van der Waals surface area contributed by atoms with Crippen molar-refractivity contribution in [3.05, 3.63) is 35.4 Å². The summed E-state index contributed by atoms with van der Waals surface area (Å²) >= 11 is 0. The molecule has 0 saturated carbocycles. The highest BCUT2D eigenvalue weighted by molar-refractivity contribution is 5.36. The Morgan fingerprint density at radius 1 is 1.06 bits per heavy atom. The molecule has 0 heterocycles. The molecule has 0 unspecified atom stereocenters. The van der Waals surface area contributed by atoms with Gasteiger partial charge in [0.2, 0.25) is 0 Å². The van der Waals surface area contributed by atoms with Gasteiger partial charge in [-0.05, 0) is 18.0 Å². The predicted octanol–water partition coefficient (Wildman–Crippen LogP) is 3.30. The van der Waals surface area contributed by atoms with Crippen molar-refractivity contribution in [2.75, 3.05) is 13.6 Å². The number of hydrogen-bond donors (Lipinski definition) is 1. The van der Waals surface area contributed by atoms with Crippen molar-refractivity contribution in [1.82, 2.24) is 5.32 Å². The van der Waals surface area contributed by atoms with Crippen molar-refractivity contribution >= 4 is 0 Å². The maximum absolute atomic E-state index is 13.9. The van der Waals surface area contributed by atoms with Crippen LogP contribution in [0, 0.1) is 0 Å². The number of rotatable bonds is 3. The van der Waals surface area contributed by atoms with Crippen molar-refractivity contribution in [2.24, 2.45) is 0 Å². The zero-order chi connectivity index (χ0) is 12.4. The normalized spacial score (nSPS) is 12.9. The van der Waals surface area contributed by atoms with Gasteiger partial charge in [-0.1, -0.05) is 45.0 Å². The summed E-state index contributed by atoms with van der Waals surface area (Å²) in [6.45, 7) is 5.50. The monoisotopic (exact) mass is 227 g/mol. The van der Waals surface area contributed by atoms with E-state index in [2.05, 4.69) is 5.32 Å². The molecule has 0 bridgehead atoms. The number of halogens is 2. The first-order valence-electron chi connectivity index (χ1n) is 5.41. The van der Waals surface area contributed by atoms with Crippen LogP contribution in [-0.4, -0.2) is 13.6 Å². The molecule has 1 nitrogen and oxygen atoms in total. The van der Waals surface area contributed by atoms with Crippen LogP contribution in [0.25, 0.3) is 0 Å². The lowest BCUT2D eigenvalue weighted by molar-refractivity contribution is -0.00292. The SMILES string of the molecule is CNCC(F)(F)c1ccccc1C(C)(C)C. The molecule has 1 N–H and O–H groups in total. The molecule has 0 radical (unpaired) electrons. The second-order valence-corrected chi connectivity index (χ2v) is 5.03. The van der Waals surface area contributed by atoms with Crippen LogP contribution in [0.1, 0.15) is 31.9 Å². The van der Waals surface area contributed by atoms with E-state index in [9.17, 15) is 8.78 Å². The highest BCUT2D eigenvalue weighted by Gasteiger charge is 2.35. The van der Waals surface area contributed by atoms with Crippen molar-refractivity contribution in [3.8, 4) is 0 Å². The molecule has 3 heteroatoms. The molecule has 0 aliphatic heterocycles. The number of likely N-dealkylation sites (N-methyl/N-ethyl adjacent to an activating group) is 1. The summed E-state index contributed by atoms with van der Waals surface area (Å²) < 4.78 is 27.8. The summed E-state index contributed by atoms with van der Waals surface area (Å²) in [6, 6.07) is 6.75. The average Bonchev–Trinajstić information content (AvgIpc) is 2.16. The Morgan fingerprint density at radius 2 is 1.56 bits per heavy atom. The van der Waals surface area contributed by atoms with Crippen LogP contribution in [-0.2, 0) is 11.3 Å². The zero-order valence-electron chi connectivity index (χ0n) is 10.3. The lowest BCUT2D eigenvalue weighted by Crippen LogP contribution is -2.31. The van der Waals surface area contributed by atoms with Crippen LogP contribution >= 0.6 is 0 Å². The van der Waals surface area contributed by atoms with E-state index in [1.54, 1.807) is 18.2 Å². The molecular formula is C13H19F2N. The van der Waals surface area contributed by atoms with Crippen molar-refractivity contribution in [1.29, 1.82) is 0 Å². The van der Waals surface area contributed by atoms with Crippen LogP contribution < -0.4 is 5.32 Å². The molecule has 0 saturated heterocycles. The fourth-order valence-electron chi connectivity index (χ4n) is 1.77. The van der Waals surface area contributed by atoms with Crippen LogP contribution in [0.3, 0.4) is 0 Å². The van der Waals surface area contributed by atoms with E-state index in [0.29, 0.717) is 5.56 Å². The minimum atomic E-state index is -2.82. The Kier molecular flexibility index (Phi) is 3.68. The van der Waals surface area contributed by atoms with Gasteiger partial charge in [0.25, 0.3) is 5.92 Å². The summed E-state index contributed by atoms with van der Waals surface area (Å²) in [5.74, 6) is -2.82. The summed E-state index contributed by atoms with van der Waals surface area (Å²) in [7, 11) is 1.54. The summed E-state index contributed by atoms with van der Waals surface area (Å²) in [5, 5.41) is 2.54. The van der Waals surface area contributed by atoms with Crippen LogP contribution in [0.2, 0.25) is 0 Å². The third-order valence-electron chi connectivity index (χ3n) is 2.53. The van der Waals surface area contributed by atoms with Crippen LogP contribution in [0.15, 0.2) is 24.3 Å². The lowest BCUT2D eigenvalue weighted by atomic mass is 9.82. The summed E-state index contributed by atoms with van der Waals surface area (Å²) in [4.78, 5) is 0. The standard InChI is InChI=1S/C13H19F2N/c1-12(2,3)10-7-5-6-8-11(10)13(14,15)9-16-4/h5-8,16H,9H2,1-4H3. The van der Waals surface area contributed by atoms with E-state index in [4.69, 9.17) is 0 Å².